The lowest BCUT2D eigenvalue weighted by molar-refractivity contribution is -0.0615. The van der Waals surface area contributed by atoms with Crippen LogP contribution in [-0.4, -0.2) is 66.5 Å². The first-order valence-corrected chi connectivity index (χ1v) is 12.9. The number of pyridine rings is 1. The number of ether oxygens (including phenoxy) is 2. The maximum absolute atomic E-state index is 14.0. The van der Waals surface area contributed by atoms with Crippen LogP contribution in [0.2, 0.25) is 0 Å². The number of aromatic nitrogens is 1. The standard InChI is InChI=1S/C28H38FN3O4/c1-20-16-25(33)26(27(34)30-23-8-13-36-28(2,3)19-23)24(18-21-6-4-7-22(29)17-21)32(20)10-5-9-31-11-14-35-15-12-31/h4,6-7,16-17,23H,5,8-15,18-19H2,1-3H3,(H,30,34)/t23-/m0/s1. The minimum absolute atomic E-state index is 0.0706. The molecule has 2 fully saturated rings. The Bertz CT molecular complexity index is 1120. The number of halogens is 1. The molecule has 196 valence electrons. The minimum atomic E-state index is -0.365. The topological polar surface area (TPSA) is 72.8 Å². The summed E-state index contributed by atoms with van der Waals surface area (Å²) in [6.07, 6.45) is 2.55. The number of hydrogen-bond acceptors (Lipinski definition) is 5. The van der Waals surface area contributed by atoms with Crippen LogP contribution >= 0.6 is 0 Å². The molecule has 0 bridgehead atoms. The van der Waals surface area contributed by atoms with Gasteiger partial charge < -0.3 is 19.4 Å². The van der Waals surface area contributed by atoms with Crippen LogP contribution in [0.25, 0.3) is 0 Å². The molecule has 1 aromatic heterocycles. The predicted octanol–water partition coefficient (Wildman–Crippen LogP) is 3.30. The van der Waals surface area contributed by atoms with Gasteiger partial charge in [0.15, 0.2) is 5.43 Å². The highest BCUT2D eigenvalue weighted by molar-refractivity contribution is 5.95. The Balaban J connectivity index is 1.63. The number of carbonyl (C=O) groups excluding carboxylic acids is 1. The van der Waals surface area contributed by atoms with Gasteiger partial charge in [-0.15, -0.1) is 0 Å². The molecule has 0 aliphatic carbocycles. The third kappa shape index (κ3) is 6.81. The van der Waals surface area contributed by atoms with E-state index in [-0.39, 0.29) is 34.4 Å². The maximum Gasteiger partial charge on any atom is 0.257 e. The fraction of sp³-hybridized carbons (Fsp3) is 0.571. The lowest BCUT2D eigenvalue weighted by atomic mass is 9.93. The van der Waals surface area contributed by atoms with Crippen molar-refractivity contribution in [1.82, 2.24) is 14.8 Å². The summed E-state index contributed by atoms with van der Waals surface area (Å²) in [6, 6.07) is 7.83. The molecular formula is C28H38FN3O4. The molecule has 0 saturated carbocycles. The van der Waals surface area contributed by atoms with Crippen LogP contribution in [0.1, 0.15) is 60.4 Å². The number of carbonyl (C=O) groups is 1. The Morgan fingerprint density at radius 1 is 1.17 bits per heavy atom. The minimum Gasteiger partial charge on any atom is -0.379 e. The smallest absolute Gasteiger partial charge is 0.257 e. The third-order valence-corrected chi connectivity index (χ3v) is 7.11. The summed E-state index contributed by atoms with van der Waals surface area (Å²) in [6.45, 7) is 11.4. The molecule has 2 aliphatic heterocycles. The summed E-state index contributed by atoms with van der Waals surface area (Å²) in [7, 11) is 0. The van der Waals surface area contributed by atoms with Crippen molar-refractivity contribution in [1.29, 1.82) is 0 Å². The molecule has 0 unspecified atom stereocenters. The fourth-order valence-corrected chi connectivity index (χ4v) is 5.30. The lowest BCUT2D eigenvalue weighted by Crippen LogP contribution is -2.47. The first-order chi connectivity index (χ1) is 17.2. The van der Waals surface area contributed by atoms with Crippen LogP contribution in [0.3, 0.4) is 0 Å². The zero-order valence-corrected chi connectivity index (χ0v) is 21.6. The van der Waals surface area contributed by atoms with E-state index in [1.54, 1.807) is 12.1 Å². The number of hydrogen-bond donors (Lipinski definition) is 1. The van der Waals surface area contributed by atoms with Crippen molar-refractivity contribution in [2.45, 2.75) is 64.6 Å². The van der Waals surface area contributed by atoms with Crippen molar-refractivity contribution in [3.63, 3.8) is 0 Å². The molecule has 0 spiro atoms. The summed E-state index contributed by atoms with van der Waals surface area (Å²) >= 11 is 0. The van der Waals surface area contributed by atoms with E-state index in [2.05, 4.69) is 14.8 Å². The highest BCUT2D eigenvalue weighted by Crippen LogP contribution is 2.24. The average molecular weight is 500 g/mol. The second kappa shape index (κ2) is 11.7. The van der Waals surface area contributed by atoms with Crippen LogP contribution in [0, 0.1) is 12.7 Å². The van der Waals surface area contributed by atoms with Crippen molar-refractivity contribution in [2.75, 3.05) is 39.5 Å². The average Bonchev–Trinajstić information content (AvgIpc) is 2.81. The summed E-state index contributed by atoms with van der Waals surface area (Å²) in [5, 5.41) is 3.10. The number of aryl methyl sites for hydroxylation is 1. The third-order valence-electron chi connectivity index (χ3n) is 7.11. The molecule has 2 aromatic rings. The van der Waals surface area contributed by atoms with Crippen LogP contribution in [-0.2, 0) is 22.4 Å². The monoisotopic (exact) mass is 499 g/mol. The molecule has 1 atom stereocenters. The van der Waals surface area contributed by atoms with E-state index in [9.17, 15) is 14.0 Å². The number of amides is 1. The van der Waals surface area contributed by atoms with Gasteiger partial charge in [-0.1, -0.05) is 12.1 Å². The highest BCUT2D eigenvalue weighted by Gasteiger charge is 2.31. The second-order valence-electron chi connectivity index (χ2n) is 10.5. The molecule has 8 heteroatoms. The molecule has 1 amide bonds. The molecule has 36 heavy (non-hydrogen) atoms. The van der Waals surface area contributed by atoms with E-state index in [0.717, 1.165) is 50.5 Å². The first kappa shape index (κ1) is 26.5. The van der Waals surface area contributed by atoms with Crippen LogP contribution in [0.5, 0.6) is 0 Å². The summed E-state index contributed by atoms with van der Waals surface area (Å²) in [5.41, 5.74) is 1.69. The fourth-order valence-electron chi connectivity index (χ4n) is 5.30. The molecule has 4 rings (SSSR count). The van der Waals surface area contributed by atoms with Gasteiger partial charge in [-0.2, -0.15) is 0 Å². The predicted molar refractivity (Wildman–Crippen MR) is 137 cm³/mol. The summed E-state index contributed by atoms with van der Waals surface area (Å²) in [5.74, 6) is -0.701. The van der Waals surface area contributed by atoms with E-state index in [1.807, 2.05) is 26.8 Å². The second-order valence-corrected chi connectivity index (χ2v) is 10.5. The molecule has 2 aliphatic rings. The molecule has 1 N–H and O–H groups in total. The Kier molecular flexibility index (Phi) is 8.59. The van der Waals surface area contributed by atoms with Crippen molar-refractivity contribution in [3.05, 3.63) is 68.9 Å². The number of morpholine rings is 1. The summed E-state index contributed by atoms with van der Waals surface area (Å²) < 4.78 is 27.3. The molecule has 0 radical (unpaired) electrons. The van der Waals surface area contributed by atoms with Gasteiger partial charge in [0.2, 0.25) is 0 Å². The largest absolute Gasteiger partial charge is 0.379 e. The number of nitrogens with zero attached hydrogens (tertiary/aromatic N) is 2. The van der Waals surface area contributed by atoms with Gasteiger partial charge in [0.1, 0.15) is 11.4 Å². The van der Waals surface area contributed by atoms with Gasteiger partial charge in [-0.3, -0.25) is 14.5 Å². The Morgan fingerprint density at radius 3 is 2.67 bits per heavy atom. The van der Waals surface area contributed by atoms with Gasteiger partial charge in [-0.05, 0) is 57.7 Å². The normalized spacial score (nSPS) is 20.3. The number of nitrogens with one attached hydrogen (secondary N) is 1. The maximum atomic E-state index is 14.0. The van der Waals surface area contributed by atoms with Gasteiger partial charge in [-0.25, -0.2) is 4.39 Å². The van der Waals surface area contributed by atoms with Gasteiger partial charge in [0, 0.05) is 62.7 Å². The molecule has 3 heterocycles. The number of rotatable bonds is 8. The van der Waals surface area contributed by atoms with Crippen molar-refractivity contribution < 1.29 is 18.7 Å². The van der Waals surface area contributed by atoms with Crippen LogP contribution < -0.4 is 10.7 Å². The molecular weight excluding hydrogens is 461 g/mol. The lowest BCUT2D eigenvalue weighted by Gasteiger charge is -2.36. The SMILES string of the molecule is Cc1cc(=O)c(C(=O)N[C@H]2CCOC(C)(C)C2)c(Cc2cccc(F)c2)n1CCCN1CCOCC1. The highest BCUT2D eigenvalue weighted by atomic mass is 19.1. The van der Waals surface area contributed by atoms with Gasteiger partial charge >= 0.3 is 0 Å². The van der Waals surface area contributed by atoms with Gasteiger partial charge in [0.25, 0.3) is 5.91 Å². The van der Waals surface area contributed by atoms with Crippen molar-refractivity contribution >= 4 is 5.91 Å². The molecule has 2 saturated heterocycles. The molecule has 1 aromatic carbocycles. The van der Waals surface area contributed by atoms with E-state index in [0.29, 0.717) is 38.1 Å². The van der Waals surface area contributed by atoms with E-state index in [1.165, 1.54) is 12.1 Å². The quantitative estimate of drug-likeness (QED) is 0.604. The van der Waals surface area contributed by atoms with Crippen molar-refractivity contribution in [2.24, 2.45) is 0 Å². The van der Waals surface area contributed by atoms with Crippen LogP contribution in [0.4, 0.5) is 4.39 Å². The van der Waals surface area contributed by atoms with Gasteiger partial charge in [0.05, 0.1) is 18.8 Å². The Hall–Kier alpha value is -2.55. The number of benzene rings is 1. The summed E-state index contributed by atoms with van der Waals surface area (Å²) in [4.78, 5) is 29.1. The zero-order chi connectivity index (χ0) is 25.7. The Morgan fingerprint density at radius 2 is 1.94 bits per heavy atom. The zero-order valence-electron chi connectivity index (χ0n) is 21.6. The molecule has 7 nitrogen and oxygen atoms in total. The van der Waals surface area contributed by atoms with E-state index in [4.69, 9.17) is 9.47 Å². The van der Waals surface area contributed by atoms with Crippen molar-refractivity contribution in [3.8, 4) is 0 Å². The Labute approximate surface area is 212 Å². The van der Waals surface area contributed by atoms with Crippen LogP contribution in [0.15, 0.2) is 35.1 Å². The van der Waals surface area contributed by atoms with E-state index >= 15 is 0 Å². The first-order valence-electron chi connectivity index (χ1n) is 12.9. The van der Waals surface area contributed by atoms with E-state index < -0.39 is 0 Å².